The van der Waals surface area contributed by atoms with Gasteiger partial charge in [0.15, 0.2) is 0 Å². The van der Waals surface area contributed by atoms with Crippen molar-refractivity contribution in [1.82, 2.24) is 4.72 Å². The van der Waals surface area contributed by atoms with E-state index in [0.29, 0.717) is 17.4 Å². The Morgan fingerprint density at radius 1 is 1.30 bits per heavy atom. The van der Waals surface area contributed by atoms with Crippen molar-refractivity contribution in [3.05, 3.63) is 24.3 Å². The lowest BCUT2D eigenvalue weighted by Crippen LogP contribution is -2.35. The second-order valence-corrected chi connectivity index (χ2v) is 8.43. The molecular weight excluding hydrogens is 292 g/mol. The van der Waals surface area contributed by atoms with Gasteiger partial charge < -0.3 is 5.73 Å². The molecule has 0 radical (unpaired) electrons. The Kier molecular flexibility index (Phi) is 6.85. The molecule has 0 saturated heterocycles. The first-order chi connectivity index (χ1) is 9.28. The van der Waals surface area contributed by atoms with E-state index >= 15 is 0 Å². The number of hydrogen-bond acceptors (Lipinski definition) is 4. The molecule has 20 heavy (non-hydrogen) atoms. The maximum Gasteiger partial charge on any atom is 0.212 e. The summed E-state index contributed by atoms with van der Waals surface area (Å²) in [6.45, 7) is 6.07. The second-order valence-electron chi connectivity index (χ2n) is 5.39. The highest BCUT2D eigenvalue weighted by Gasteiger charge is 2.15. The van der Waals surface area contributed by atoms with Crippen molar-refractivity contribution in [3.8, 4) is 0 Å². The predicted octanol–water partition coefficient (Wildman–Crippen LogP) is 2.71. The topological polar surface area (TPSA) is 72.2 Å². The monoisotopic (exact) mass is 316 g/mol. The van der Waals surface area contributed by atoms with Crippen LogP contribution in [0.3, 0.4) is 0 Å². The molecule has 0 aromatic heterocycles. The van der Waals surface area contributed by atoms with Gasteiger partial charge in [-0.25, -0.2) is 13.1 Å². The third-order valence-electron chi connectivity index (χ3n) is 2.68. The van der Waals surface area contributed by atoms with Crippen LogP contribution in [0.15, 0.2) is 29.2 Å². The van der Waals surface area contributed by atoms with Gasteiger partial charge in [0, 0.05) is 22.4 Å². The molecule has 0 saturated carbocycles. The average Bonchev–Trinajstić information content (AvgIpc) is 2.26. The van der Waals surface area contributed by atoms with Crippen molar-refractivity contribution in [2.24, 2.45) is 5.92 Å². The van der Waals surface area contributed by atoms with Crippen LogP contribution in [0.1, 0.15) is 27.2 Å². The SMILES string of the molecule is CC(C)CC(C)NS(=O)(=O)CCSc1cccc(N)c1. The fourth-order valence-corrected chi connectivity index (χ4v) is 4.66. The van der Waals surface area contributed by atoms with Crippen molar-refractivity contribution in [2.75, 3.05) is 17.2 Å². The average molecular weight is 316 g/mol. The molecule has 1 atom stereocenters. The van der Waals surface area contributed by atoms with Gasteiger partial charge >= 0.3 is 0 Å². The van der Waals surface area contributed by atoms with E-state index in [1.165, 1.54) is 11.8 Å². The lowest BCUT2D eigenvalue weighted by molar-refractivity contribution is 0.483. The van der Waals surface area contributed by atoms with Gasteiger partial charge in [-0.3, -0.25) is 0 Å². The normalized spacial score (nSPS) is 13.6. The van der Waals surface area contributed by atoms with E-state index in [0.717, 1.165) is 11.3 Å². The molecule has 0 fully saturated rings. The van der Waals surface area contributed by atoms with Gasteiger partial charge in [-0.2, -0.15) is 0 Å². The van der Waals surface area contributed by atoms with E-state index in [1.54, 1.807) is 0 Å². The van der Waals surface area contributed by atoms with Gasteiger partial charge in [0.25, 0.3) is 0 Å². The van der Waals surface area contributed by atoms with Crippen LogP contribution in [-0.4, -0.2) is 26.0 Å². The quantitative estimate of drug-likeness (QED) is 0.571. The Morgan fingerprint density at radius 2 is 2.00 bits per heavy atom. The minimum atomic E-state index is -3.21. The van der Waals surface area contributed by atoms with Gasteiger partial charge in [0.05, 0.1) is 5.75 Å². The zero-order valence-electron chi connectivity index (χ0n) is 12.3. The minimum Gasteiger partial charge on any atom is -0.399 e. The number of sulfonamides is 1. The van der Waals surface area contributed by atoms with E-state index in [-0.39, 0.29) is 11.8 Å². The van der Waals surface area contributed by atoms with Crippen LogP contribution >= 0.6 is 11.8 Å². The Labute approximate surface area is 126 Å². The molecule has 0 heterocycles. The molecule has 0 aliphatic heterocycles. The summed E-state index contributed by atoms with van der Waals surface area (Å²) < 4.78 is 26.6. The van der Waals surface area contributed by atoms with Crippen molar-refractivity contribution in [3.63, 3.8) is 0 Å². The molecule has 1 unspecified atom stereocenters. The summed E-state index contributed by atoms with van der Waals surface area (Å²) in [5.41, 5.74) is 6.38. The molecule has 1 aromatic carbocycles. The number of nitrogens with two attached hydrogens (primary N) is 1. The molecule has 0 bridgehead atoms. The molecular formula is C14H24N2O2S2. The van der Waals surface area contributed by atoms with Crippen molar-refractivity contribution in [1.29, 1.82) is 0 Å². The van der Waals surface area contributed by atoms with Crippen LogP contribution in [0.5, 0.6) is 0 Å². The number of benzene rings is 1. The lowest BCUT2D eigenvalue weighted by atomic mass is 10.1. The summed E-state index contributed by atoms with van der Waals surface area (Å²) in [7, 11) is -3.21. The molecule has 0 spiro atoms. The van der Waals surface area contributed by atoms with Gasteiger partial charge in [-0.05, 0) is 37.5 Å². The van der Waals surface area contributed by atoms with Gasteiger partial charge in [0.1, 0.15) is 0 Å². The first-order valence-corrected chi connectivity index (χ1v) is 9.40. The largest absolute Gasteiger partial charge is 0.399 e. The van der Waals surface area contributed by atoms with E-state index in [9.17, 15) is 8.42 Å². The smallest absolute Gasteiger partial charge is 0.212 e. The fraction of sp³-hybridized carbons (Fsp3) is 0.571. The maximum atomic E-state index is 11.9. The molecule has 1 aromatic rings. The highest BCUT2D eigenvalue weighted by molar-refractivity contribution is 8.00. The van der Waals surface area contributed by atoms with Gasteiger partial charge in [-0.1, -0.05) is 19.9 Å². The van der Waals surface area contributed by atoms with Crippen LogP contribution in [0.25, 0.3) is 0 Å². The van der Waals surface area contributed by atoms with Crippen LogP contribution in [0.2, 0.25) is 0 Å². The number of nitrogens with one attached hydrogen (secondary N) is 1. The molecule has 1 rings (SSSR count). The number of thioether (sulfide) groups is 1. The minimum absolute atomic E-state index is 0.0163. The highest BCUT2D eigenvalue weighted by Crippen LogP contribution is 2.20. The Morgan fingerprint density at radius 3 is 2.60 bits per heavy atom. The summed E-state index contributed by atoms with van der Waals surface area (Å²) in [6, 6.07) is 7.46. The Hall–Kier alpha value is -0.720. The summed E-state index contributed by atoms with van der Waals surface area (Å²) in [5.74, 6) is 1.12. The molecule has 4 nitrogen and oxygen atoms in total. The summed E-state index contributed by atoms with van der Waals surface area (Å²) in [5, 5.41) is 0. The zero-order chi connectivity index (χ0) is 15.2. The summed E-state index contributed by atoms with van der Waals surface area (Å²) in [6.07, 6.45) is 0.849. The van der Waals surface area contributed by atoms with E-state index in [1.807, 2.05) is 31.2 Å². The summed E-state index contributed by atoms with van der Waals surface area (Å²) in [4.78, 5) is 0.996. The third-order valence-corrected chi connectivity index (χ3v) is 5.44. The van der Waals surface area contributed by atoms with Crippen LogP contribution in [0.4, 0.5) is 5.69 Å². The van der Waals surface area contributed by atoms with E-state index in [4.69, 9.17) is 5.73 Å². The molecule has 0 aliphatic carbocycles. The maximum absolute atomic E-state index is 11.9. The van der Waals surface area contributed by atoms with E-state index in [2.05, 4.69) is 18.6 Å². The van der Waals surface area contributed by atoms with Crippen molar-refractivity contribution in [2.45, 2.75) is 38.1 Å². The van der Waals surface area contributed by atoms with Crippen molar-refractivity contribution >= 4 is 27.5 Å². The van der Waals surface area contributed by atoms with Gasteiger partial charge in [0.2, 0.25) is 10.0 Å². The zero-order valence-corrected chi connectivity index (χ0v) is 13.9. The molecule has 114 valence electrons. The molecule has 3 N–H and O–H groups in total. The molecule has 0 amide bonds. The van der Waals surface area contributed by atoms with Gasteiger partial charge in [-0.15, -0.1) is 11.8 Å². The number of hydrogen-bond donors (Lipinski definition) is 2. The predicted molar refractivity (Wildman–Crippen MR) is 87.4 cm³/mol. The van der Waals surface area contributed by atoms with E-state index < -0.39 is 10.0 Å². The third kappa shape index (κ3) is 7.17. The first kappa shape index (κ1) is 17.3. The van der Waals surface area contributed by atoms with Crippen LogP contribution < -0.4 is 10.5 Å². The molecule has 0 aliphatic rings. The first-order valence-electron chi connectivity index (χ1n) is 6.77. The van der Waals surface area contributed by atoms with Crippen LogP contribution in [0, 0.1) is 5.92 Å². The fourth-order valence-electron chi connectivity index (χ4n) is 1.99. The number of rotatable bonds is 8. The standard InChI is InChI=1S/C14H24N2O2S2/c1-11(2)9-12(3)16-20(17,18)8-7-19-14-6-4-5-13(15)10-14/h4-6,10-12,16H,7-9,15H2,1-3H3. The molecule has 6 heteroatoms. The number of anilines is 1. The lowest BCUT2D eigenvalue weighted by Gasteiger charge is -2.16. The second kappa shape index (κ2) is 7.90. The van der Waals surface area contributed by atoms with Crippen LogP contribution in [-0.2, 0) is 10.0 Å². The number of nitrogen functional groups attached to an aromatic ring is 1. The highest BCUT2D eigenvalue weighted by atomic mass is 32.2. The summed E-state index contributed by atoms with van der Waals surface area (Å²) >= 11 is 1.50. The van der Waals surface area contributed by atoms with Crippen molar-refractivity contribution < 1.29 is 8.42 Å². The Balaban J connectivity index is 2.40. The Bertz CT molecular complexity index is 516.